The molecule has 0 radical (unpaired) electrons. The van der Waals surface area contributed by atoms with Gasteiger partial charge in [0.15, 0.2) is 23.6 Å². The summed E-state index contributed by atoms with van der Waals surface area (Å²) in [5.74, 6) is 1.23. The number of pyridine rings is 3. The van der Waals surface area contributed by atoms with Gasteiger partial charge < -0.3 is 10.4 Å². The summed E-state index contributed by atoms with van der Waals surface area (Å²) in [6.45, 7) is 6.51. The number of halogens is 1. The largest absolute Gasteiger partial charge is 0.392 e. The zero-order valence-electron chi connectivity index (χ0n) is 24.3. The van der Waals surface area contributed by atoms with Crippen LogP contribution in [0.25, 0.3) is 39.1 Å². The summed E-state index contributed by atoms with van der Waals surface area (Å²) in [4.78, 5) is 27.7. The fourth-order valence-electron chi connectivity index (χ4n) is 6.00. The van der Waals surface area contributed by atoms with Crippen LogP contribution >= 0.6 is 11.6 Å². The van der Waals surface area contributed by atoms with Crippen molar-refractivity contribution in [1.82, 2.24) is 29.5 Å². The molecular formula is C34H30ClN7O2. The highest BCUT2D eigenvalue weighted by molar-refractivity contribution is 6.33. The summed E-state index contributed by atoms with van der Waals surface area (Å²) >= 11 is 6.39. The molecule has 9 nitrogen and oxygen atoms in total. The first-order valence-electron chi connectivity index (χ1n) is 14.5. The molecule has 1 atom stereocenters. The molecule has 2 N–H and O–H groups in total. The van der Waals surface area contributed by atoms with Crippen molar-refractivity contribution in [3.8, 4) is 22.5 Å². The summed E-state index contributed by atoms with van der Waals surface area (Å²) in [5, 5.41) is 19.4. The molecule has 1 unspecified atom stereocenters. The van der Waals surface area contributed by atoms with Gasteiger partial charge >= 0.3 is 0 Å². The third kappa shape index (κ3) is 5.19. The molecule has 0 aliphatic carbocycles. The predicted molar refractivity (Wildman–Crippen MR) is 172 cm³/mol. The average molecular weight is 604 g/mol. The Morgan fingerprint density at radius 1 is 1.05 bits per heavy atom. The summed E-state index contributed by atoms with van der Waals surface area (Å²) in [7, 11) is 0. The number of nitrogens with one attached hydrogen (secondary N) is 1. The first kappa shape index (κ1) is 28.1. The van der Waals surface area contributed by atoms with Gasteiger partial charge in [-0.1, -0.05) is 41.9 Å². The van der Waals surface area contributed by atoms with Crippen molar-refractivity contribution < 1.29 is 9.90 Å². The lowest BCUT2D eigenvalue weighted by Crippen LogP contribution is -2.21. The van der Waals surface area contributed by atoms with E-state index in [1.54, 1.807) is 23.0 Å². The highest BCUT2D eigenvalue weighted by Crippen LogP contribution is 2.36. The molecule has 44 heavy (non-hydrogen) atoms. The standard InChI is InChI=1S/C34H30ClN7O2/c1-20-26(5-3-7-28(20)32-39-34-29(35)14-23(19-43)17-42(34)40-32)27-6-4-8-30(21(27)2)38-33-31-24(9-11-36-33)13-22(15-37-31)16-41-12-10-25(44)18-41/h3-9,11,13-15,17,19,25,44H,10,12,16,18H2,1-2H3,(H,36,38). The maximum Gasteiger partial charge on any atom is 0.182 e. The Labute approximate surface area is 259 Å². The molecule has 7 rings (SSSR count). The van der Waals surface area contributed by atoms with Crippen LogP contribution in [0.1, 0.15) is 33.5 Å². The number of aliphatic hydroxyl groups excluding tert-OH is 1. The number of nitrogens with zero attached hydrogens (tertiary/aromatic N) is 6. The smallest absolute Gasteiger partial charge is 0.182 e. The summed E-state index contributed by atoms with van der Waals surface area (Å²) in [6.07, 6.45) is 6.64. The molecule has 4 aromatic heterocycles. The number of hydrogen-bond acceptors (Lipinski definition) is 8. The second-order valence-corrected chi connectivity index (χ2v) is 11.7. The summed E-state index contributed by atoms with van der Waals surface area (Å²) in [6, 6.07) is 18.0. The lowest BCUT2D eigenvalue weighted by atomic mass is 9.92. The third-order valence-corrected chi connectivity index (χ3v) is 8.59. The van der Waals surface area contributed by atoms with E-state index in [0.717, 1.165) is 75.8 Å². The number of anilines is 2. The van der Waals surface area contributed by atoms with E-state index in [4.69, 9.17) is 16.6 Å². The lowest BCUT2D eigenvalue weighted by Gasteiger charge is -2.17. The molecule has 0 bridgehead atoms. The van der Waals surface area contributed by atoms with E-state index in [1.807, 2.05) is 36.5 Å². The van der Waals surface area contributed by atoms with Gasteiger partial charge in [0, 0.05) is 60.4 Å². The maximum absolute atomic E-state index is 11.3. The van der Waals surface area contributed by atoms with Gasteiger partial charge in [-0.15, -0.1) is 5.10 Å². The molecule has 0 saturated carbocycles. The van der Waals surface area contributed by atoms with Gasteiger partial charge in [0.2, 0.25) is 0 Å². The van der Waals surface area contributed by atoms with Crippen LogP contribution in [0.2, 0.25) is 5.02 Å². The van der Waals surface area contributed by atoms with E-state index in [0.29, 0.717) is 34.4 Å². The van der Waals surface area contributed by atoms with Crippen molar-refractivity contribution in [2.45, 2.75) is 32.9 Å². The minimum Gasteiger partial charge on any atom is -0.392 e. The predicted octanol–water partition coefficient (Wildman–Crippen LogP) is 6.40. The first-order valence-corrected chi connectivity index (χ1v) is 14.9. The second kappa shape index (κ2) is 11.4. The zero-order valence-corrected chi connectivity index (χ0v) is 25.1. The lowest BCUT2D eigenvalue weighted by molar-refractivity contribution is 0.112. The number of β-amino-alcohol motifs (C(OH)–C–C–N with tert-alkyl or cyclic N) is 1. The van der Waals surface area contributed by atoms with E-state index in [1.165, 1.54) is 0 Å². The monoisotopic (exact) mass is 603 g/mol. The van der Waals surface area contributed by atoms with E-state index in [-0.39, 0.29) is 6.10 Å². The molecule has 0 amide bonds. The molecule has 1 saturated heterocycles. The van der Waals surface area contributed by atoms with Gasteiger partial charge in [0.25, 0.3) is 0 Å². The molecule has 6 aromatic rings. The van der Waals surface area contributed by atoms with Crippen LogP contribution in [-0.2, 0) is 6.54 Å². The van der Waals surface area contributed by atoms with Gasteiger partial charge in [-0.3, -0.25) is 14.7 Å². The van der Waals surface area contributed by atoms with Crippen LogP contribution in [0.4, 0.5) is 11.5 Å². The van der Waals surface area contributed by atoms with Crippen LogP contribution < -0.4 is 5.32 Å². The summed E-state index contributed by atoms with van der Waals surface area (Å²) in [5.41, 5.74) is 8.89. The van der Waals surface area contributed by atoms with Crippen molar-refractivity contribution >= 4 is 45.9 Å². The number of fused-ring (bicyclic) bond motifs is 2. The SMILES string of the molecule is Cc1c(Nc2nccc3cc(CN4CCC(O)C4)cnc23)cccc1-c1cccc(-c2nc3c(Cl)cc(C=O)cn3n2)c1C. The van der Waals surface area contributed by atoms with Gasteiger partial charge in [-0.05, 0) is 72.4 Å². The zero-order chi connectivity index (χ0) is 30.4. The molecule has 10 heteroatoms. The first-order chi connectivity index (χ1) is 21.4. The number of hydrogen-bond donors (Lipinski definition) is 2. The molecule has 220 valence electrons. The quantitative estimate of drug-likeness (QED) is 0.202. The highest BCUT2D eigenvalue weighted by Gasteiger charge is 2.21. The normalized spacial score (nSPS) is 15.3. The van der Waals surface area contributed by atoms with E-state index in [2.05, 4.69) is 57.3 Å². The Bertz CT molecular complexity index is 2060. The number of carbonyl (C=O) groups is 1. The number of aldehydes is 1. The topological polar surface area (TPSA) is 109 Å². The van der Waals surface area contributed by atoms with Gasteiger partial charge in [0.05, 0.1) is 11.1 Å². The van der Waals surface area contributed by atoms with Gasteiger partial charge in [-0.25, -0.2) is 14.5 Å². The molecule has 1 aliphatic heterocycles. The summed E-state index contributed by atoms with van der Waals surface area (Å²) < 4.78 is 1.55. The Hall–Kier alpha value is -4.70. The fourth-order valence-corrected chi connectivity index (χ4v) is 6.26. The highest BCUT2D eigenvalue weighted by atomic mass is 35.5. The molecule has 0 spiro atoms. The number of rotatable bonds is 7. The molecule has 2 aromatic carbocycles. The molecule has 1 aliphatic rings. The second-order valence-electron chi connectivity index (χ2n) is 11.3. The van der Waals surface area contributed by atoms with Crippen molar-refractivity contribution in [3.63, 3.8) is 0 Å². The Morgan fingerprint density at radius 2 is 1.84 bits per heavy atom. The van der Waals surface area contributed by atoms with Crippen LogP contribution in [-0.4, -0.2) is 60.1 Å². The average Bonchev–Trinajstić information content (AvgIpc) is 3.64. The van der Waals surface area contributed by atoms with Crippen LogP contribution in [0.5, 0.6) is 0 Å². The van der Waals surface area contributed by atoms with Crippen LogP contribution in [0, 0.1) is 13.8 Å². The van der Waals surface area contributed by atoms with Crippen molar-refractivity contribution in [3.05, 3.63) is 100 Å². The van der Waals surface area contributed by atoms with Gasteiger partial charge in [-0.2, -0.15) is 0 Å². The number of likely N-dealkylation sites (tertiary alicyclic amines) is 1. The fraction of sp³-hybridized carbons (Fsp3) is 0.206. The van der Waals surface area contributed by atoms with E-state index >= 15 is 0 Å². The number of carbonyl (C=O) groups excluding carboxylic acids is 1. The number of aliphatic hydroxyl groups is 1. The molecular weight excluding hydrogens is 574 g/mol. The maximum atomic E-state index is 11.3. The number of aromatic nitrogens is 5. The van der Waals surface area contributed by atoms with Crippen LogP contribution in [0.15, 0.2) is 73.2 Å². The number of benzene rings is 2. The molecule has 5 heterocycles. The van der Waals surface area contributed by atoms with Crippen molar-refractivity contribution in [2.75, 3.05) is 18.4 Å². The minimum atomic E-state index is -0.242. The van der Waals surface area contributed by atoms with Gasteiger partial charge in [0.1, 0.15) is 5.52 Å². The van der Waals surface area contributed by atoms with E-state index in [9.17, 15) is 9.90 Å². The van der Waals surface area contributed by atoms with Crippen molar-refractivity contribution in [1.29, 1.82) is 0 Å². The van der Waals surface area contributed by atoms with E-state index < -0.39 is 0 Å². The Morgan fingerprint density at radius 3 is 2.64 bits per heavy atom. The Kier molecular flexibility index (Phi) is 7.29. The third-order valence-electron chi connectivity index (χ3n) is 8.31. The minimum absolute atomic E-state index is 0.242. The Balaban J connectivity index is 1.20. The van der Waals surface area contributed by atoms with Crippen LogP contribution in [0.3, 0.4) is 0 Å². The molecule has 1 fully saturated rings. The van der Waals surface area contributed by atoms with Crippen molar-refractivity contribution in [2.24, 2.45) is 0 Å².